The lowest BCUT2D eigenvalue weighted by atomic mass is 9.77. The molecule has 5 rings (SSSR count). The molecule has 3 unspecified atom stereocenters. The molecule has 3 aromatic carbocycles. The van der Waals surface area contributed by atoms with E-state index in [9.17, 15) is 8.42 Å². The van der Waals surface area contributed by atoms with Gasteiger partial charge in [0.25, 0.3) is 0 Å². The van der Waals surface area contributed by atoms with Crippen LogP contribution < -0.4 is 10.0 Å². The standard InChI is InChI=1S/C25H23ClN2O2S/c26-19-9-4-8-18(14-19)25-22-11-5-10-21(22)23-15-20(12-13-24(23)28-25)31(29,30)27-16-17-6-2-1-3-7-17/h1-10,12-15,21-22,25,27-28H,11,16H2. The van der Waals surface area contributed by atoms with Gasteiger partial charge in [0.2, 0.25) is 10.0 Å². The summed E-state index contributed by atoms with van der Waals surface area (Å²) >= 11 is 6.24. The normalized spacial score (nSPS) is 21.9. The van der Waals surface area contributed by atoms with Gasteiger partial charge in [-0.25, -0.2) is 13.1 Å². The van der Waals surface area contributed by atoms with Crippen LogP contribution in [0.5, 0.6) is 0 Å². The molecule has 158 valence electrons. The Morgan fingerprint density at radius 1 is 1.00 bits per heavy atom. The monoisotopic (exact) mass is 450 g/mol. The second-order valence-electron chi connectivity index (χ2n) is 8.09. The first-order valence-corrected chi connectivity index (χ1v) is 12.2. The second-order valence-corrected chi connectivity index (χ2v) is 10.3. The zero-order valence-electron chi connectivity index (χ0n) is 16.8. The molecule has 0 aromatic heterocycles. The van der Waals surface area contributed by atoms with Crippen molar-refractivity contribution < 1.29 is 8.42 Å². The highest BCUT2D eigenvalue weighted by Gasteiger charge is 2.38. The lowest BCUT2D eigenvalue weighted by Gasteiger charge is -2.37. The Morgan fingerprint density at radius 3 is 2.65 bits per heavy atom. The maximum Gasteiger partial charge on any atom is 0.240 e. The van der Waals surface area contributed by atoms with Gasteiger partial charge in [-0.1, -0.05) is 66.2 Å². The molecular weight excluding hydrogens is 428 g/mol. The van der Waals surface area contributed by atoms with E-state index in [-0.39, 0.29) is 18.5 Å². The fourth-order valence-corrected chi connectivity index (χ4v) is 5.88. The highest BCUT2D eigenvalue weighted by atomic mass is 35.5. The predicted molar refractivity (Wildman–Crippen MR) is 125 cm³/mol. The first-order chi connectivity index (χ1) is 15.0. The number of halogens is 1. The van der Waals surface area contributed by atoms with Crippen LogP contribution in [-0.4, -0.2) is 8.42 Å². The largest absolute Gasteiger partial charge is 0.378 e. The van der Waals surface area contributed by atoms with E-state index in [0.29, 0.717) is 10.8 Å². The number of nitrogens with one attached hydrogen (secondary N) is 2. The van der Waals surface area contributed by atoms with E-state index in [1.54, 1.807) is 6.07 Å². The summed E-state index contributed by atoms with van der Waals surface area (Å²) in [6.07, 6.45) is 5.34. The zero-order valence-corrected chi connectivity index (χ0v) is 18.4. The van der Waals surface area contributed by atoms with Crippen molar-refractivity contribution >= 4 is 27.3 Å². The number of benzene rings is 3. The Balaban J connectivity index is 1.44. The third-order valence-corrected chi connectivity index (χ3v) is 7.80. The third-order valence-electron chi connectivity index (χ3n) is 6.16. The predicted octanol–water partition coefficient (Wildman–Crippen LogP) is 5.65. The lowest BCUT2D eigenvalue weighted by molar-refractivity contribution is 0.425. The summed E-state index contributed by atoms with van der Waals surface area (Å²) in [5, 5.41) is 4.36. The molecule has 1 aliphatic heterocycles. The van der Waals surface area contributed by atoms with E-state index >= 15 is 0 Å². The Hall–Kier alpha value is -2.60. The van der Waals surface area contributed by atoms with Crippen LogP contribution in [-0.2, 0) is 16.6 Å². The Kier molecular flexibility index (Phi) is 5.34. The quantitative estimate of drug-likeness (QED) is 0.494. The van der Waals surface area contributed by atoms with Crippen LogP contribution in [0.2, 0.25) is 5.02 Å². The molecule has 0 saturated carbocycles. The van der Waals surface area contributed by atoms with E-state index < -0.39 is 10.0 Å². The summed E-state index contributed by atoms with van der Waals surface area (Å²) in [5.74, 6) is 0.491. The average molecular weight is 451 g/mol. The van der Waals surface area contributed by atoms with Gasteiger partial charge in [0.1, 0.15) is 0 Å². The summed E-state index contributed by atoms with van der Waals surface area (Å²) < 4.78 is 28.6. The molecule has 2 aliphatic rings. The summed E-state index contributed by atoms with van der Waals surface area (Å²) in [6.45, 7) is 0.265. The topological polar surface area (TPSA) is 58.2 Å². The van der Waals surface area contributed by atoms with Crippen LogP contribution in [0, 0.1) is 5.92 Å². The summed E-state index contributed by atoms with van der Waals surface area (Å²) in [6, 6.07) is 23.0. The molecule has 0 bridgehead atoms. The summed E-state index contributed by atoms with van der Waals surface area (Å²) in [5.41, 5.74) is 4.08. The van der Waals surface area contributed by atoms with Crippen molar-refractivity contribution in [3.63, 3.8) is 0 Å². The molecule has 0 spiro atoms. The van der Waals surface area contributed by atoms with Crippen LogP contribution >= 0.6 is 11.6 Å². The fraction of sp³-hybridized carbons (Fsp3) is 0.200. The molecule has 0 amide bonds. The number of anilines is 1. The molecule has 31 heavy (non-hydrogen) atoms. The van der Waals surface area contributed by atoms with Gasteiger partial charge >= 0.3 is 0 Å². The molecule has 4 nitrogen and oxygen atoms in total. The summed E-state index contributed by atoms with van der Waals surface area (Å²) in [7, 11) is -3.61. The number of allylic oxidation sites excluding steroid dienone is 2. The van der Waals surface area contributed by atoms with Crippen molar-refractivity contribution in [3.05, 3.63) is 107 Å². The van der Waals surface area contributed by atoms with Gasteiger partial charge in [-0.3, -0.25) is 0 Å². The zero-order chi connectivity index (χ0) is 21.4. The van der Waals surface area contributed by atoms with Crippen molar-refractivity contribution in [1.82, 2.24) is 4.72 Å². The van der Waals surface area contributed by atoms with Crippen molar-refractivity contribution in [2.75, 3.05) is 5.32 Å². The minimum atomic E-state index is -3.61. The van der Waals surface area contributed by atoms with Crippen LogP contribution in [0.1, 0.15) is 35.1 Å². The maximum atomic E-state index is 12.9. The number of hydrogen-bond acceptors (Lipinski definition) is 3. The molecule has 0 saturated heterocycles. The molecule has 0 radical (unpaired) electrons. The van der Waals surface area contributed by atoms with E-state index in [4.69, 9.17) is 11.6 Å². The van der Waals surface area contributed by atoms with Crippen molar-refractivity contribution in [1.29, 1.82) is 0 Å². The van der Waals surface area contributed by atoms with Crippen LogP contribution in [0.15, 0.2) is 89.8 Å². The molecule has 6 heteroatoms. The maximum absolute atomic E-state index is 12.9. The Morgan fingerprint density at radius 2 is 1.84 bits per heavy atom. The molecule has 1 aliphatic carbocycles. The Labute approximate surface area is 188 Å². The first kappa shape index (κ1) is 20.3. The van der Waals surface area contributed by atoms with Gasteiger partial charge in [0, 0.05) is 23.2 Å². The van der Waals surface area contributed by atoms with Gasteiger partial charge in [-0.05, 0) is 59.4 Å². The first-order valence-electron chi connectivity index (χ1n) is 10.4. The van der Waals surface area contributed by atoms with Crippen LogP contribution in [0.25, 0.3) is 0 Å². The fourth-order valence-electron chi connectivity index (χ4n) is 4.63. The van der Waals surface area contributed by atoms with Gasteiger partial charge in [0.15, 0.2) is 0 Å². The minimum Gasteiger partial charge on any atom is -0.378 e. The molecule has 0 fully saturated rings. The van der Waals surface area contributed by atoms with E-state index in [1.807, 2.05) is 60.7 Å². The van der Waals surface area contributed by atoms with Crippen LogP contribution in [0.4, 0.5) is 5.69 Å². The van der Waals surface area contributed by atoms with Gasteiger partial charge in [-0.15, -0.1) is 0 Å². The summed E-state index contributed by atoms with van der Waals surface area (Å²) in [4.78, 5) is 0.296. The van der Waals surface area contributed by atoms with Gasteiger partial charge < -0.3 is 5.32 Å². The smallest absolute Gasteiger partial charge is 0.240 e. The number of rotatable bonds is 5. The highest BCUT2D eigenvalue weighted by Crippen LogP contribution is 2.50. The van der Waals surface area contributed by atoms with E-state index in [2.05, 4.69) is 28.3 Å². The van der Waals surface area contributed by atoms with E-state index in [1.165, 1.54) is 0 Å². The number of fused-ring (bicyclic) bond motifs is 3. The molecule has 1 heterocycles. The average Bonchev–Trinajstić information content (AvgIpc) is 3.28. The van der Waals surface area contributed by atoms with Crippen molar-refractivity contribution in [2.45, 2.75) is 29.8 Å². The minimum absolute atomic E-state index is 0.130. The molecule has 2 N–H and O–H groups in total. The van der Waals surface area contributed by atoms with Gasteiger partial charge in [0.05, 0.1) is 10.9 Å². The SMILES string of the molecule is O=S(=O)(NCc1ccccc1)c1ccc2c(c1)C1C=CCC1C(c1cccc(Cl)c1)N2. The number of sulfonamides is 1. The Bertz CT molecular complexity index is 1240. The third kappa shape index (κ3) is 4.01. The van der Waals surface area contributed by atoms with Crippen LogP contribution in [0.3, 0.4) is 0 Å². The second kappa shape index (κ2) is 8.15. The number of hydrogen-bond donors (Lipinski definition) is 2. The van der Waals surface area contributed by atoms with E-state index in [0.717, 1.165) is 33.8 Å². The van der Waals surface area contributed by atoms with Gasteiger partial charge in [-0.2, -0.15) is 0 Å². The highest BCUT2D eigenvalue weighted by molar-refractivity contribution is 7.89. The molecule has 3 aromatic rings. The molecular formula is C25H23ClN2O2S. The molecule has 3 atom stereocenters. The van der Waals surface area contributed by atoms with Crippen molar-refractivity contribution in [3.8, 4) is 0 Å². The lowest BCUT2D eigenvalue weighted by Crippen LogP contribution is -2.30. The van der Waals surface area contributed by atoms with Crippen molar-refractivity contribution in [2.24, 2.45) is 5.92 Å².